The Kier molecular flexibility index (Phi) is 4.30. The van der Waals surface area contributed by atoms with Crippen molar-refractivity contribution in [3.8, 4) is 0 Å². The molecule has 0 aliphatic heterocycles. The van der Waals surface area contributed by atoms with Crippen LogP contribution in [-0.4, -0.2) is 18.6 Å². The van der Waals surface area contributed by atoms with Crippen molar-refractivity contribution < 1.29 is 4.79 Å². The highest BCUT2D eigenvalue weighted by Gasteiger charge is 2.35. The third-order valence-electron chi connectivity index (χ3n) is 4.73. The van der Waals surface area contributed by atoms with E-state index >= 15 is 0 Å². The van der Waals surface area contributed by atoms with Crippen molar-refractivity contribution in [3.63, 3.8) is 0 Å². The number of hydrogen-bond acceptors (Lipinski definition) is 1. The molecule has 0 heterocycles. The normalized spacial score (nSPS) is 23.8. The van der Waals surface area contributed by atoms with Crippen LogP contribution in [0, 0.1) is 5.41 Å². The van der Waals surface area contributed by atoms with Crippen LogP contribution in [0.5, 0.6) is 0 Å². The molecule has 0 aromatic rings. The zero-order chi connectivity index (χ0) is 12.1. The second-order valence-corrected chi connectivity index (χ2v) is 5.87. The van der Waals surface area contributed by atoms with Crippen molar-refractivity contribution in [2.75, 3.05) is 6.54 Å². The van der Waals surface area contributed by atoms with E-state index in [0.717, 1.165) is 19.4 Å². The molecule has 0 saturated heterocycles. The Balaban J connectivity index is 1.66. The van der Waals surface area contributed by atoms with Crippen LogP contribution in [0.1, 0.15) is 64.7 Å². The van der Waals surface area contributed by atoms with E-state index in [9.17, 15) is 4.79 Å². The van der Waals surface area contributed by atoms with Gasteiger partial charge in [-0.25, -0.2) is 4.79 Å². The van der Waals surface area contributed by atoms with Gasteiger partial charge in [-0.15, -0.1) is 0 Å². The van der Waals surface area contributed by atoms with Crippen LogP contribution in [0.15, 0.2) is 0 Å². The van der Waals surface area contributed by atoms with Crippen molar-refractivity contribution in [1.82, 2.24) is 10.6 Å². The summed E-state index contributed by atoms with van der Waals surface area (Å²) in [4.78, 5) is 11.8. The number of nitrogens with one attached hydrogen (secondary N) is 2. The molecule has 98 valence electrons. The van der Waals surface area contributed by atoms with E-state index in [1.54, 1.807) is 0 Å². The minimum absolute atomic E-state index is 0.0524. The lowest BCUT2D eigenvalue weighted by Crippen LogP contribution is -2.48. The summed E-state index contributed by atoms with van der Waals surface area (Å²) in [5.74, 6) is 0. The fourth-order valence-electron chi connectivity index (χ4n) is 3.08. The second kappa shape index (κ2) is 5.74. The van der Waals surface area contributed by atoms with Crippen LogP contribution >= 0.6 is 0 Å². The zero-order valence-corrected chi connectivity index (χ0v) is 11.1. The Morgan fingerprint density at radius 1 is 1.18 bits per heavy atom. The molecule has 0 aromatic carbocycles. The quantitative estimate of drug-likeness (QED) is 0.776. The molecule has 3 nitrogen and oxygen atoms in total. The SMILES string of the molecule is CCC1(CNC(=O)NC2CCCCC2)CCC1. The lowest BCUT2D eigenvalue weighted by molar-refractivity contribution is 0.125. The van der Waals surface area contributed by atoms with Gasteiger partial charge in [0.25, 0.3) is 0 Å². The summed E-state index contributed by atoms with van der Waals surface area (Å²) < 4.78 is 0. The molecule has 0 radical (unpaired) electrons. The van der Waals surface area contributed by atoms with Gasteiger partial charge in [-0.1, -0.05) is 32.6 Å². The van der Waals surface area contributed by atoms with Crippen LogP contribution < -0.4 is 10.6 Å². The standard InChI is InChI=1S/C14H26N2O/c1-2-14(9-6-10-14)11-15-13(17)16-12-7-4-3-5-8-12/h12H,2-11H2,1H3,(H2,15,16,17). The Morgan fingerprint density at radius 3 is 2.41 bits per heavy atom. The summed E-state index contributed by atoms with van der Waals surface area (Å²) in [5.41, 5.74) is 0.421. The first-order chi connectivity index (χ1) is 8.24. The molecule has 2 amide bonds. The minimum atomic E-state index is 0.0524. The number of rotatable bonds is 4. The molecule has 0 aromatic heterocycles. The summed E-state index contributed by atoms with van der Waals surface area (Å²) in [7, 11) is 0. The molecule has 2 aliphatic rings. The van der Waals surface area contributed by atoms with Crippen molar-refractivity contribution in [1.29, 1.82) is 0 Å². The minimum Gasteiger partial charge on any atom is -0.338 e. The van der Waals surface area contributed by atoms with Crippen LogP contribution in [0.3, 0.4) is 0 Å². The maximum Gasteiger partial charge on any atom is 0.315 e. The smallest absolute Gasteiger partial charge is 0.315 e. The van der Waals surface area contributed by atoms with Crippen molar-refractivity contribution in [2.45, 2.75) is 70.8 Å². The van der Waals surface area contributed by atoms with E-state index in [2.05, 4.69) is 17.6 Å². The lowest BCUT2D eigenvalue weighted by Gasteiger charge is -2.41. The van der Waals surface area contributed by atoms with Gasteiger partial charge in [-0.05, 0) is 37.5 Å². The van der Waals surface area contributed by atoms with Gasteiger partial charge in [0.2, 0.25) is 0 Å². The van der Waals surface area contributed by atoms with Crippen molar-refractivity contribution >= 4 is 6.03 Å². The highest BCUT2D eigenvalue weighted by molar-refractivity contribution is 5.74. The van der Waals surface area contributed by atoms with E-state index in [4.69, 9.17) is 0 Å². The molecule has 0 unspecified atom stereocenters. The van der Waals surface area contributed by atoms with Gasteiger partial charge < -0.3 is 10.6 Å². The number of urea groups is 1. The molecule has 0 spiro atoms. The lowest BCUT2D eigenvalue weighted by atomic mass is 9.67. The molecule has 2 fully saturated rings. The number of carbonyl (C=O) groups is 1. The van der Waals surface area contributed by atoms with E-state index < -0.39 is 0 Å². The highest BCUT2D eigenvalue weighted by atomic mass is 16.2. The van der Waals surface area contributed by atoms with E-state index in [0.29, 0.717) is 11.5 Å². The first-order valence-corrected chi connectivity index (χ1v) is 7.28. The summed E-state index contributed by atoms with van der Waals surface area (Å²) in [6.45, 7) is 3.10. The van der Waals surface area contributed by atoms with Gasteiger partial charge in [0, 0.05) is 12.6 Å². The topological polar surface area (TPSA) is 41.1 Å². The van der Waals surface area contributed by atoms with Gasteiger partial charge in [-0.3, -0.25) is 0 Å². The highest BCUT2D eigenvalue weighted by Crippen LogP contribution is 2.42. The molecule has 0 atom stereocenters. The molecule has 3 heteroatoms. The zero-order valence-electron chi connectivity index (χ0n) is 11.1. The van der Waals surface area contributed by atoms with Gasteiger partial charge in [0.05, 0.1) is 0 Å². The Morgan fingerprint density at radius 2 is 1.88 bits per heavy atom. The first-order valence-electron chi connectivity index (χ1n) is 7.28. The van der Waals surface area contributed by atoms with Crippen molar-refractivity contribution in [3.05, 3.63) is 0 Å². The average molecular weight is 238 g/mol. The fraction of sp³-hybridized carbons (Fsp3) is 0.929. The van der Waals surface area contributed by atoms with Crippen LogP contribution in [0.25, 0.3) is 0 Å². The van der Waals surface area contributed by atoms with Gasteiger partial charge in [0.1, 0.15) is 0 Å². The van der Waals surface area contributed by atoms with E-state index in [1.165, 1.54) is 44.9 Å². The molecule has 2 N–H and O–H groups in total. The molecule has 2 rings (SSSR count). The summed E-state index contributed by atoms with van der Waals surface area (Å²) in [5, 5.41) is 6.19. The van der Waals surface area contributed by atoms with Crippen LogP contribution in [0.2, 0.25) is 0 Å². The maximum atomic E-state index is 11.8. The number of amides is 2. The van der Waals surface area contributed by atoms with Gasteiger partial charge in [0.15, 0.2) is 0 Å². The monoisotopic (exact) mass is 238 g/mol. The third-order valence-corrected chi connectivity index (χ3v) is 4.73. The van der Waals surface area contributed by atoms with E-state index in [1.807, 2.05) is 0 Å². The van der Waals surface area contributed by atoms with Gasteiger partial charge >= 0.3 is 6.03 Å². The maximum absolute atomic E-state index is 11.8. The molecule has 2 aliphatic carbocycles. The van der Waals surface area contributed by atoms with Crippen LogP contribution in [0.4, 0.5) is 4.79 Å². The number of hydrogen-bond donors (Lipinski definition) is 2. The molecule has 0 bridgehead atoms. The largest absolute Gasteiger partial charge is 0.338 e. The van der Waals surface area contributed by atoms with Gasteiger partial charge in [-0.2, -0.15) is 0 Å². The Hall–Kier alpha value is -0.730. The second-order valence-electron chi connectivity index (χ2n) is 5.87. The Labute approximate surface area is 105 Å². The Bertz CT molecular complexity index is 249. The summed E-state index contributed by atoms with van der Waals surface area (Å²) >= 11 is 0. The fourth-order valence-corrected chi connectivity index (χ4v) is 3.08. The number of carbonyl (C=O) groups excluding carboxylic acids is 1. The molecule has 17 heavy (non-hydrogen) atoms. The molecular formula is C14H26N2O. The summed E-state index contributed by atoms with van der Waals surface area (Å²) in [6, 6.07) is 0.472. The van der Waals surface area contributed by atoms with E-state index in [-0.39, 0.29) is 6.03 Å². The molecular weight excluding hydrogens is 212 g/mol. The van der Waals surface area contributed by atoms with Crippen LogP contribution in [-0.2, 0) is 0 Å². The summed E-state index contributed by atoms with van der Waals surface area (Å²) in [6.07, 6.45) is 11.3. The third kappa shape index (κ3) is 3.36. The predicted octanol–water partition coefficient (Wildman–Crippen LogP) is 3.20. The molecule has 2 saturated carbocycles. The predicted molar refractivity (Wildman–Crippen MR) is 70.0 cm³/mol. The average Bonchev–Trinajstić information content (AvgIpc) is 2.29. The first kappa shape index (κ1) is 12.7. The van der Waals surface area contributed by atoms with Crippen molar-refractivity contribution in [2.24, 2.45) is 5.41 Å².